The van der Waals surface area contributed by atoms with Gasteiger partial charge in [0, 0.05) is 37.5 Å². The van der Waals surface area contributed by atoms with Gasteiger partial charge in [0.15, 0.2) is 0 Å². The second kappa shape index (κ2) is 8.37. The van der Waals surface area contributed by atoms with Crippen LogP contribution in [0.1, 0.15) is 29.8 Å². The smallest absolute Gasteiger partial charge is 0.406 e. The summed E-state index contributed by atoms with van der Waals surface area (Å²) in [7, 11) is 1.84. The van der Waals surface area contributed by atoms with Crippen molar-refractivity contribution in [1.82, 2.24) is 15.1 Å². The lowest BCUT2D eigenvalue weighted by Gasteiger charge is -2.18. The van der Waals surface area contributed by atoms with Gasteiger partial charge in [0.05, 0.1) is 5.69 Å². The molecule has 1 aromatic carbocycles. The number of amides is 2. The predicted molar refractivity (Wildman–Crippen MR) is 103 cm³/mol. The van der Waals surface area contributed by atoms with Crippen molar-refractivity contribution in [1.29, 1.82) is 0 Å². The molecule has 1 saturated heterocycles. The first kappa shape index (κ1) is 21.7. The van der Waals surface area contributed by atoms with Gasteiger partial charge in [0.25, 0.3) is 0 Å². The molecule has 30 heavy (non-hydrogen) atoms. The van der Waals surface area contributed by atoms with Crippen molar-refractivity contribution >= 4 is 17.5 Å². The number of carbonyl (C=O) groups excluding carboxylic acids is 2. The first-order valence-corrected chi connectivity index (χ1v) is 9.51. The molecule has 1 N–H and O–H groups in total. The monoisotopic (exact) mass is 424 g/mol. The lowest BCUT2D eigenvalue weighted by atomic mass is 10.1. The molecule has 1 unspecified atom stereocenters. The quantitative estimate of drug-likeness (QED) is 0.774. The topological polar surface area (TPSA) is 76.5 Å². The molecular weight excluding hydrogens is 401 g/mol. The van der Waals surface area contributed by atoms with Crippen LogP contribution in [0.2, 0.25) is 0 Å². The van der Waals surface area contributed by atoms with Gasteiger partial charge in [-0.1, -0.05) is 6.07 Å². The molecular formula is C20H23F3N4O3. The van der Waals surface area contributed by atoms with Gasteiger partial charge >= 0.3 is 6.36 Å². The summed E-state index contributed by atoms with van der Waals surface area (Å²) in [5, 5.41) is 7.05. The van der Waals surface area contributed by atoms with Crippen molar-refractivity contribution in [2.45, 2.75) is 45.5 Å². The Morgan fingerprint density at radius 2 is 2.07 bits per heavy atom. The standard InChI is InChI=1S/C20H23F3N4O3/c1-12-16(13(2)26(3)25-12)7-8-18(28)24-17-9-10-27(19(17)29)14-5-4-6-15(11-14)30-20(21,22)23/h4-6,11,17H,7-10H2,1-3H3,(H,24,28). The van der Waals surface area contributed by atoms with Crippen molar-refractivity contribution in [3.8, 4) is 5.75 Å². The van der Waals surface area contributed by atoms with Crippen LogP contribution in [0.5, 0.6) is 5.75 Å². The highest BCUT2D eigenvalue weighted by Crippen LogP contribution is 2.29. The van der Waals surface area contributed by atoms with E-state index in [1.807, 2.05) is 20.9 Å². The Labute approximate surface area is 171 Å². The van der Waals surface area contributed by atoms with Crippen molar-refractivity contribution < 1.29 is 27.5 Å². The molecule has 0 saturated carbocycles. The van der Waals surface area contributed by atoms with Gasteiger partial charge in [0.2, 0.25) is 11.8 Å². The van der Waals surface area contributed by atoms with Crippen molar-refractivity contribution in [3.63, 3.8) is 0 Å². The summed E-state index contributed by atoms with van der Waals surface area (Å²) >= 11 is 0. The van der Waals surface area contributed by atoms with Crippen molar-refractivity contribution in [2.75, 3.05) is 11.4 Å². The highest BCUT2D eigenvalue weighted by molar-refractivity contribution is 6.01. The molecule has 10 heteroatoms. The van der Waals surface area contributed by atoms with Crippen LogP contribution in [0.4, 0.5) is 18.9 Å². The maximum atomic E-state index is 12.7. The molecule has 2 aromatic rings. The molecule has 3 rings (SSSR count). The number of hydrogen-bond acceptors (Lipinski definition) is 4. The maximum Gasteiger partial charge on any atom is 0.573 e. The number of alkyl halides is 3. The van der Waals surface area contributed by atoms with E-state index in [-0.39, 0.29) is 18.2 Å². The lowest BCUT2D eigenvalue weighted by Crippen LogP contribution is -2.41. The number of benzene rings is 1. The zero-order valence-electron chi connectivity index (χ0n) is 16.9. The Kier molecular flexibility index (Phi) is 6.04. The van der Waals surface area contributed by atoms with E-state index >= 15 is 0 Å². The highest BCUT2D eigenvalue weighted by Gasteiger charge is 2.35. The summed E-state index contributed by atoms with van der Waals surface area (Å²) in [6, 6.07) is 4.52. The number of ether oxygens (including phenoxy) is 1. The normalized spacial score (nSPS) is 16.8. The van der Waals surface area contributed by atoms with E-state index in [0.29, 0.717) is 25.1 Å². The minimum absolute atomic E-state index is 0.214. The number of halogens is 3. The van der Waals surface area contributed by atoms with Crippen LogP contribution in [-0.2, 0) is 23.1 Å². The summed E-state index contributed by atoms with van der Waals surface area (Å²) in [5.74, 6) is -1.02. The Bertz CT molecular complexity index is 955. The van der Waals surface area contributed by atoms with Crippen molar-refractivity contribution in [2.24, 2.45) is 7.05 Å². The first-order chi connectivity index (χ1) is 14.0. The number of nitrogens with one attached hydrogen (secondary N) is 1. The van der Waals surface area contributed by atoms with E-state index < -0.39 is 18.2 Å². The molecule has 1 atom stereocenters. The predicted octanol–water partition coefficient (Wildman–Crippen LogP) is 2.79. The fourth-order valence-corrected chi connectivity index (χ4v) is 3.60. The molecule has 0 spiro atoms. The SMILES string of the molecule is Cc1nn(C)c(C)c1CCC(=O)NC1CCN(c2cccc(OC(F)(F)F)c2)C1=O. The van der Waals surface area contributed by atoms with Gasteiger partial charge in [-0.25, -0.2) is 0 Å². The number of nitrogens with zero attached hydrogens (tertiary/aromatic N) is 3. The van der Waals surface area contributed by atoms with E-state index in [1.165, 1.54) is 23.1 Å². The number of rotatable bonds is 6. The Morgan fingerprint density at radius 1 is 1.33 bits per heavy atom. The molecule has 2 heterocycles. The van der Waals surface area contributed by atoms with Crippen LogP contribution in [0.25, 0.3) is 0 Å². The molecule has 0 radical (unpaired) electrons. The van der Waals surface area contributed by atoms with E-state index in [0.717, 1.165) is 23.0 Å². The average molecular weight is 424 g/mol. The fraction of sp³-hybridized carbons (Fsp3) is 0.450. The van der Waals surface area contributed by atoms with Gasteiger partial charge < -0.3 is 15.0 Å². The third-order valence-corrected chi connectivity index (χ3v) is 5.16. The van der Waals surface area contributed by atoms with Gasteiger partial charge in [-0.2, -0.15) is 5.10 Å². The third-order valence-electron chi connectivity index (χ3n) is 5.16. The van der Waals surface area contributed by atoms with Gasteiger partial charge in [0.1, 0.15) is 11.8 Å². The summed E-state index contributed by atoms with van der Waals surface area (Å²) in [4.78, 5) is 26.4. The number of aryl methyl sites for hydroxylation is 2. The Morgan fingerprint density at radius 3 is 2.70 bits per heavy atom. The van der Waals surface area contributed by atoms with E-state index in [4.69, 9.17) is 0 Å². The number of anilines is 1. The second-order valence-electron chi connectivity index (χ2n) is 7.22. The van der Waals surface area contributed by atoms with Crippen LogP contribution in [0.3, 0.4) is 0 Å². The fourth-order valence-electron chi connectivity index (χ4n) is 3.60. The molecule has 1 aromatic heterocycles. The van der Waals surface area contributed by atoms with Crippen LogP contribution >= 0.6 is 0 Å². The summed E-state index contributed by atoms with van der Waals surface area (Å²) in [6.07, 6.45) is -3.71. The van der Waals surface area contributed by atoms with Crippen LogP contribution < -0.4 is 15.0 Å². The Hall–Kier alpha value is -3.04. The molecule has 1 aliphatic rings. The van der Waals surface area contributed by atoms with E-state index in [2.05, 4.69) is 15.2 Å². The zero-order chi connectivity index (χ0) is 22.1. The van der Waals surface area contributed by atoms with E-state index in [9.17, 15) is 22.8 Å². The molecule has 0 aliphatic carbocycles. The average Bonchev–Trinajstić information content (AvgIpc) is 3.12. The van der Waals surface area contributed by atoms with E-state index in [1.54, 1.807) is 4.68 Å². The number of aromatic nitrogens is 2. The number of hydrogen-bond donors (Lipinski definition) is 1. The molecule has 2 amide bonds. The van der Waals surface area contributed by atoms with Gasteiger partial charge in [-0.3, -0.25) is 14.3 Å². The van der Waals surface area contributed by atoms with Gasteiger partial charge in [-0.15, -0.1) is 13.2 Å². The summed E-state index contributed by atoms with van der Waals surface area (Å²) in [6.45, 7) is 4.11. The van der Waals surface area contributed by atoms with Crippen molar-refractivity contribution in [3.05, 3.63) is 41.2 Å². The molecule has 7 nitrogen and oxygen atoms in total. The second-order valence-corrected chi connectivity index (χ2v) is 7.22. The molecule has 162 valence electrons. The van der Waals surface area contributed by atoms with Crippen LogP contribution in [-0.4, -0.2) is 40.5 Å². The maximum absolute atomic E-state index is 12.7. The third kappa shape index (κ3) is 4.92. The molecule has 1 fully saturated rings. The number of carbonyl (C=O) groups is 2. The molecule has 0 bridgehead atoms. The largest absolute Gasteiger partial charge is 0.573 e. The van der Waals surface area contributed by atoms with Crippen LogP contribution in [0, 0.1) is 13.8 Å². The minimum atomic E-state index is -4.81. The lowest BCUT2D eigenvalue weighted by molar-refractivity contribution is -0.274. The zero-order valence-corrected chi connectivity index (χ0v) is 16.9. The van der Waals surface area contributed by atoms with Crippen LogP contribution in [0.15, 0.2) is 24.3 Å². The summed E-state index contributed by atoms with van der Waals surface area (Å²) < 4.78 is 42.9. The minimum Gasteiger partial charge on any atom is -0.406 e. The molecule has 1 aliphatic heterocycles. The van der Waals surface area contributed by atoms with Gasteiger partial charge in [-0.05, 0) is 44.4 Å². The first-order valence-electron chi connectivity index (χ1n) is 9.51. The summed E-state index contributed by atoms with van der Waals surface area (Å²) in [5.41, 5.74) is 3.16. The Balaban J connectivity index is 1.59. The highest BCUT2D eigenvalue weighted by atomic mass is 19.4.